The van der Waals surface area contributed by atoms with Crippen molar-refractivity contribution in [2.45, 2.75) is 5.16 Å². The molecule has 0 bridgehead atoms. The number of methoxy groups -OCH3 is 1. The van der Waals surface area contributed by atoms with Crippen LogP contribution in [0.1, 0.15) is 0 Å². The summed E-state index contributed by atoms with van der Waals surface area (Å²) in [7, 11) is 1.60. The van der Waals surface area contributed by atoms with Gasteiger partial charge in [-0.1, -0.05) is 11.8 Å². The topological polar surface area (TPSA) is 101 Å². The second-order valence-electron chi connectivity index (χ2n) is 4.01. The van der Waals surface area contributed by atoms with E-state index in [1.807, 2.05) is 18.2 Å². The maximum atomic E-state index is 10.5. The molecule has 0 atom stereocenters. The third-order valence-electron chi connectivity index (χ3n) is 2.73. The molecule has 2 N–H and O–H groups in total. The molecule has 20 heavy (non-hydrogen) atoms. The second-order valence-corrected chi connectivity index (χ2v) is 4.95. The van der Waals surface area contributed by atoms with E-state index in [4.69, 9.17) is 9.84 Å². The molecule has 3 aromatic rings. The van der Waals surface area contributed by atoms with E-state index in [0.29, 0.717) is 16.3 Å². The number of H-pyrrole nitrogens is 1. The molecular formula is C12H10N4O3S. The van der Waals surface area contributed by atoms with Gasteiger partial charge in [0, 0.05) is 10.9 Å². The SMILES string of the molecule is COc1ccc2[nH]c3nc(SCC(=O)O)nnc3c2c1. The molecule has 1 aromatic carbocycles. The molecule has 0 amide bonds. The number of nitrogens with one attached hydrogen (secondary N) is 1. The number of hydrogen-bond donors (Lipinski definition) is 2. The zero-order valence-corrected chi connectivity index (χ0v) is 11.3. The van der Waals surface area contributed by atoms with E-state index in [1.165, 1.54) is 0 Å². The van der Waals surface area contributed by atoms with Gasteiger partial charge in [-0.05, 0) is 18.2 Å². The van der Waals surface area contributed by atoms with Crippen LogP contribution in [0.5, 0.6) is 5.75 Å². The molecule has 0 aliphatic carbocycles. The quantitative estimate of drug-likeness (QED) is 0.705. The fourth-order valence-corrected chi connectivity index (χ4v) is 2.36. The number of fused-ring (bicyclic) bond motifs is 3. The van der Waals surface area contributed by atoms with Gasteiger partial charge in [-0.25, -0.2) is 4.98 Å². The van der Waals surface area contributed by atoms with Gasteiger partial charge >= 0.3 is 5.97 Å². The van der Waals surface area contributed by atoms with Gasteiger partial charge in [0.1, 0.15) is 11.3 Å². The van der Waals surface area contributed by atoms with E-state index in [2.05, 4.69) is 20.2 Å². The van der Waals surface area contributed by atoms with Gasteiger partial charge in [0.05, 0.1) is 12.9 Å². The average Bonchev–Trinajstić information content (AvgIpc) is 2.81. The zero-order chi connectivity index (χ0) is 14.1. The van der Waals surface area contributed by atoms with Crippen LogP contribution in [0.3, 0.4) is 0 Å². The molecule has 8 heteroatoms. The maximum Gasteiger partial charge on any atom is 0.313 e. The first kappa shape index (κ1) is 12.7. The van der Waals surface area contributed by atoms with E-state index in [0.717, 1.165) is 28.4 Å². The lowest BCUT2D eigenvalue weighted by molar-refractivity contribution is -0.133. The van der Waals surface area contributed by atoms with Crippen molar-refractivity contribution in [3.63, 3.8) is 0 Å². The van der Waals surface area contributed by atoms with Gasteiger partial charge in [-0.15, -0.1) is 10.2 Å². The molecule has 0 aliphatic heterocycles. The predicted octanol–water partition coefficient (Wildman–Crippen LogP) is 1.69. The summed E-state index contributed by atoms with van der Waals surface area (Å²) in [5.74, 6) is -0.286. The largest absolute Gasteiger partial charge is 0.497 e. The number of aromatic nitrogens is 4. The number of nitrogens with zero attached hydrogens (tertiary/aromatic N) is 3. The van der Waals surface area contributed by atoms with Gasteiger partial charge in [-0.3, -0.25) is 4.79 Å². The Morgan fingerprint density at radius 1 is 1.45 bits per heavy atom. The molecule has 7 nitrogen and oxygen atoms in total. The van der Waals surface area contributed by atoms with Crippen molar-refractivity contribution in [2.24, 2.45) is 0 Å². The molecule has 0 spiro atoms. The van der Waals surface area contributed by atoms with Crippen LogP contribution < -0.4 is 4.74 Å². The van der Waals surface area contributed by atoms with Gasteiger partial charge in [-0.2, -0.15) is 0 Å². The number of thioether (sulfide) groups is 1. The Labute approximate surface area is 117 Å². The molecule has 0 saturated heterocycles. The highest BCUT2D eigenvalue weighted by Gasteiger charge is 2.11. The Morgan fingerprint density at radius 2 is 2.30 bits per heavy atom. The third kappa shape index (κ3) is 2.25. The molecule has 0 fully saturated rings. The fourth-order valence-electron chi connectivity index (χ4n) is 1.85. The summed E-state index contributed by atoms with van der Waals surface area (Å²) in [5.41, 5.74) is 2.10. The Hall–Kier alpha value is -2.35. The number of hydrogen-bond acceptors (Lipinski definition) is 6. The summed E-state index contributed by atoms with van der Waals surface area (Å²) < 4.78 is 5.18. The molecule has 2 aromatic heterocycles. The highest BCUT2D eigenvalue weighted by Crippen LogP contribution is 2.26. The number of benzene rings is 1. The normalized spacial score (nSPS) is 11.1. The van der Waals surface area contributed by atoms with Gasteiger partial charge in [0.2, 0.25) is 5.16 Å². The Balaban J connectivity index is 2.06. The van der Waals surface area contributed by atoms with Crippen molar-refractivity contribution >= 4 is 39.8 Å². The number of ether oxygens (including phenoxy) is 1. The van der Waals surface area contributed by atoms with E-state index >= 15 is 0 Å². The number of aromatic amines is 1. The minimum atomic E-state index is -0.917. The van der Waals surface area contributed by atoms with E-state index in [9.17, 15) is 4.79 Å². The summed E-state index contributed by atoms with van der Waals surface area (Å²) in [6, 6.07) is 5.57. The molecule has 0 saturated carbocycles. The number of carbonyl (C=O) groups is 1. The van der Waals surface area contributed by atoms with Crippen molar-refractivity contribution in [1.82, 2.24) is 20.2 Å². The van der Waals surface area contributed by atoms with Crippen molar-refractivity contribution < 1.29 is 14.6 Å². The molecule has 3 rings (SSSR count). The second kappa shape index (κ2) is 4.97. The highest BCUT2D eigenvalue weighted by atomic mass is 32.2. The van der Waals surface area contributed by atoms with Crippen molar-refractivity contribution in [3.05, 3.63) is 18.2 Å². The van der Waals surface area contributed by atoms with E-state index in [-0.39, 0.29) is 5.75 Å². The first-order valence-electron chi connectivity index (χ1n) is 5.72. The summed E-state index contributed by atoms with van der Waals surface area (Å²) >= 11 is 1.03. The Bertz CT molecular complexity index is 802. The van der Waals surface area contributed by atoms with Gasteiger partial charge < -0.3 is 14.8 Å². The van der Waals surface area contributed by atoms with E-state index in [1.54, 1.807) is 7.11 Å². The summed E-state index contributed by atoms with van der Waals surface area (Å²) in [5, 5.41) is 17.9. The van der Waals surface area contributed by atoms with Crippen LogP contribution in [-0.2, 0) is 4.79 Å². The Morgan fingerprint density at radius 3 is 3.05 bits per heavy atom. The lowest BCUT2D eigenvalue weighted by atomic mass is 10.2. The maximum absolute atomic E-state index is 10.5. The first-order valence-corrected chi connectivity index (χ1v) is 6.70. The minimum Gasteiger partial charge on any atom is -0.497 e. The lowest BCUT2D eigenvalue weighted by Gasteiger charge is -1.98. The van der Waals surface area contributed by atoms with Crippen LogP contribution in [0.15, 0.2) is 23.4 Å². The monoisotopic (exact) mass is 290 g/mol. The number of aliphatic carboxylic acids is 1. The number of rotatable bonds is 4. The minimum absolute atomic E-state index is 0.0960. The fraction of sp³-hybridized carbons (Fsp3) is 0.167. The van der Waals surface area contributed by atoms with Gasteiger partial charge in [0.25, 0.3) is 0 Å². The van der Waals surface area contributed by atoms with Crippen molar-refractivity contribution in [2.75, 3.05) is 12.9 Å². The molecule has 0 unspecified atom stereocenters. The summed E-state index contributed by atoms with van der Waals surface area (Å²) in [6.45, 7) is 0. The predicted molar refractivity (Wildman–Crippen MR) is 74.1 cm³/mol. The molecule has 102 valence electrons. The number of carboxylic acids is 1. The summed E-state index contributed by atoms with van der Waals surface area (Å²) in [4.78, 5) is 17.9. The average molecular weight is 290 g/mol. The first-order chi connectivity index (χ1) is 9.67. The van der Waals surface area contributed by atoms with Crippen LogP contribution in [0.25, 0.3) is 22.1 Å². The van der Waals surface area contributed by atoms with Crippen LogP contribution >= 0.6 is 11.8 Å². The van der Waals surface area contributed by atoms with Crippen LogP contribution in [0.4, 0.5) is 0 Å². The zero-order valence-electron chi connectivity index (χ0n) is 10.5. The van der Waals surface area contributed by atoms with Crippen LogP contribution in [0.2, 0.25) is 0 Å². The highest BCUT2D eigenvalue weighted by molar-refractivity contribution is 7.99. The van der Waals surface area contributed by atoms with Crippen molar-refractivity contribution in [1.29, 1.82) is 0 Å². The Kier molecular flexibility index (Phi) is 3.15. The van der Waals surface area contributed by atoms with Crippen LogP contribution in [-0.4, -0.2) is 44.1 Å². The van der Waals surface area contributed by atoms with E-state index < -0.39 is 5.97 Å². The molecule has 0 radical (unpaired) electrons. The third-order valence-corrected chi connectivity index (χ3v) is 3.55. The lowest BCUT2D eigenvalue weighted by Crippen LogP contribution is -2.00. The summed E-state index contributed by atoms with van der Waals surface area (Å²) in [6.07, 6.45) is 0. The molecule has 0 aliphatic rings. The van der Waals surface area contributed by atoms with Gasteiger partial charge in [0.15, 0.2) is 5.65 Å². The molecule has 2 heterocycles. The molecular weight excluding hydrogens is 280 g/mol. The number of carboxylic acid groups (broad SMARTS) is 1. The standard InChI is InChI=1S/C12H10N4O3S/c1-19-6-2-3-8-7(4-6)10-11(13-8)14-12(16-15-10)20-5-9(17)18/h2-4H,5H2,1H3,(H,17,18)(H,13,14,16). The van der Waals surface area contributed by atoms with Crippen molar-refractivity contribution in [3.8, 4) is 5.75 Å². The smallest absolute Gasteiger partial charge is 0.313 e. The van der Waals surface area contributed by atoms with Crippen LogP contribution in [0, 0.1) is 0 Å².